The first-order valence-corrected chi connectivity index (χ1v) is 5.42. The van der Waals surface area contributed by atoms with E-state index in [0.29, 0.717) is 12.5 Å². The summed E-state index contributed by atoms with van der Waals surface area (Å²) in [7, 11) is 0. The van der Waals surface area contributed by atoms with Gasteiger partial charge in [-0.1, -0.05) is 27.7 Å². The zero-order valence-electron chi connectivity index (χ0n) is 9.89. The number of nitrogens with two attached hydrogens (primary N) is 1. The fourth-order valence-electron chi connectivity index (χ4n) is 1.05. The lowest BCUT2D eigenvalue weighted by Gasteiger charge is -2.22. The molecule has 0 aliphatic heterocycles. The predicted octanol–water partition coefficient (Wildman–Crippen LogP) is 1.52. The molecule has 1 atom stereocenters. The van der Waals surface area contributed by atoms with Crippen molar-refractivity contribution in [1.29, 1.82) is 0 Å². The monoisotopic (exact) mass is 200 g/mol. The normalized spacial score (nSPS) is 13.8. The zero-order valence-corrected chi connectivity index (χ0v) is 9.89. The molecule has 0 aliphatic rings. The van der Waals surface area contributed by atoms with Crippen LogP contribution in [-0.2, 0) is 4.79 Å². The highest BCUT2D eigenvalue weighted by Gasteiger charge is 2.24. The molecule has 0 heterocycles. The predicted molar refractivity (Wildman–Crippen MR) is 59.9 cm³/mol. The molecule has 0 bridgehead atoms. The van der Waals surface area contributed by atoms with Gasteiger partial charge < -0.3 is 11.1 Å². The molecule has 3 heteroatoms. The van der Waals surface area contributed by atoms with Gasteiger partial charge in [-0.05, 0) is 25.3 Å². The van der Waals surface area contributed by atoms with Gasteiger partial charge in [-0.3, -0.25) is 4.79 Å². The Kier molecular flexibility index (Phi) is 5.77. The molecule has 0 aromatic carbocycles. The second kappa shape index (κ2) is 6.02. The molecule has 0 rings (SSSR count). The lowest BCUT2D eigenvalue weighted by Crippen LogP contribution is -2.38. The van der Waals surface area contributed by atoms with Crippen molar-refractivity contribution in [1.82, 2.24) is 5.32 Å². The molecule has 0 aromatic rings. The van der Waals surface area contributed by atoms with Crippen molar-refractivity contribution < 1.29 is 4.79 Å². The van der Waals surface area contributed by atoms with Crippen molar-refractivity contribution in [3.63, 3.8) is 0 Å². The maximum absolute atomic E-state index is 11.7. The minimum atomic E-state index is -0.248. The van der Waals surface area contributed by atoms with E-state index in [0.717, 1.165) is 19.4 Å². The molecule has 0 aromatic heterocycles. The van der Waals surface area contributed by atoms with Crippen molar-refractivity contribution in [3.8, 4) is 0 Å². The average molecular weight is 200 g/mol. The van der Waals surface area contributed by atoms with E-state index in [4.69, 9.17) is 5.73 Å². The highest BCUT2D eigenvalue weighted by Crippen LogP contribution is 2.19. The van der Waals surface area contributed by atoms with Crippen LogP contribution in [0.25, 0.3) is 0 Å². The summed E-state index contributed by atoms with van der Waals surface area (Å²) >= 11 is 0. The van der Waals surface area contributed by atoms with Crippen LogP contribution in [0.1, 0.15) is 40.5 Å². The summed E-state index contributed by atoms with van der Waals surface area (Å²) in [5.41, 5.74) is 5.19. The maximum atomic E-state index is 11.7. The lowest BCUT2D eigenvalue weighted by molar-refractivity contribution is -0.129. The van der Waals surface area contributed by atoms with Gasteiger partial charge in [0, 0.05) is 12.0 Å². The Balaban J connectivity index is 3.85. The van der Waals surface area contributed by atoms with Crippen molar-refractivity contribution in [2.24, 2.45) is 17.1 Å². The first kappa shape index (κ1) is 13.4. The van der Waals surface area contributed by atoms with Crippen molar-refractivity contribution >= 4 is 5.91 Å². The van der Waals surface area contributed by atoms with Crippen LogP contribution in [0.15, 0.2) is 0 Å². The number of hydrogen-bond donors (Lipinski definition) is 2. The third-order valence-corrected chi connectivity index (χ3v) is 2.77. The summed E-state index contributed by atoms with van der Waals surface area (Å²) < 4.78 is 0. The van der Waals surface area contributed by atoms with Crippen molar-refractivity contribution in [3.05, 3.63) is 0 Å². The number of carbonyl (C=O) groups is 1. The molecular weight excluding hydrogens is 176 g/mol. The summed E-state index contributed by atoms with van der Waals surface area (Å²) in [5, 5.41) is 2.96. The van der Waals surface area contributed by atoms with Crippen LogP contribution in [0.5, 0.6) is 0 Å². The molecule has 0 aliphatic carbocycles. The van der Waals surface area contributed by atoms with Crippen LogP contribution in [0, 0.1) is 11.3 Å². The van der Waals surface area contributed by atoms with E-state index in [1.54, 1.807) is 0 Å². The third kappa shape index (κ3) is 4.61. The Labute approximate surface area is 87.4 Å². The van der Waals surface area contributed by atoms with Gasteiger partial charge in [-0.25, -0.2) is 0 Å². The minimum Gasteiger partial charge on any atom is -0.355 e. The summed E-state index contributed by atoms with van der Waals surface area (Å²) in [4.78, 5) is 11.7. The summed E-state index contributed by atoms with van der Waals surface area (Å²) in [5.74, 6) is 0.612. The highest BCUT2D eigenvalue weighted by molar-refractivity contribution is 5.81. The van der Waals surface area contributed by atoms with Gasteiger partial charge in [0.05, 0.1) is 0 Å². The van der Waals surface area contributed by atoms with Gasteiger partial charge in [0.15, 0.2) is 0 Å². The fraction of sp³-hybridized carbons (Fsp3) is 0.909. The third-order valence-electron chi connectivity index (χ3n) is 2.77. The highest BCUT2D eigenvalue weighted by atomic mass is 16.2. The first-order chi connectivity index (χ1) is 6.44. The van der Waals surface area contributed by atoms with Gasteiger partial charge in [-0.15, -0.1) is 0 Å². The number of amides is 1. The minimum absolute atomic E-state index is 0.142. The largest absolute Gasteiger partial charge is 0.355 e. The molecule has 84 valence electrons. The first-order valence-electron chi connectivity index (χ1n) is 5.42. The smallest absolute Gasteiger partial charge is 0.225 e. The second-order valence-corrected chi connectivity index (χ2v) is 4.63. The van der Waals surface area contributed by atoms with Gasteiger partial charge >= 0.3 is 0 Å². The summed E-state index contributed by atoms with van der Waals surface area (Å²) in [6, 6.07) is 0. The Morgan fingerprint density at radius 2 is 2.07 bits per heavy atom. The van der Waals surface area contributed by atoms with Gasteiger partial charge in [0.1, 0.15) is 0 Å². The maximum Gasteiger partial charge on any atom is 0.225 e. The number of nitrogens with one attached hydrogen (secondary N) is 1. The van der Waals surface area contributed by atoms with Crippen LogP contribution in [0.2, 0.25) is 0 Å². The van der Waals surface area contributed by atoms with Crippen molar-refractivity contribution in [2.45, 2.75) is 40.5 Å². The van der Waals surface area contributed by atoms with Crippen LogP contribution < -0.4 is 11.1 Å². The molecule has 0 radical (unpaired) electrons. The molecule has 0 saturated carbocycles. The number of hydrogen-bond acceptors (Lipinski definition) is 2. The Morgan fingerprint density at radius 3 is 2.50 bits per heavy atom. The molecule has 0 saturated heterocycles. The molecule has 3 N–H and O–H groups in total. The summed E-state index contributed by atoms with van der Waals surface area (Å²) in [6.45, 7) is 9.49. The van der Waals surface area contributed by atoms with E-state index in [2.05, 4.69) is 12.2 Å². The van der Waals surface area contributed by atoms with Crippen LogP contribution in [-0.4, -0.2) is 19.0 Å². The number of rotatable bonds is 6. The van der Waals surface area contributed by atoms with Crippen LogP contribution in [0.3, 0.4) is 0 Å². The molecular formula is C11H24N2O. The standard InChI is InChI=1S/C11H24N2O/c1-5-11(3,4)10(14)13-8-9(2)6-7-12/h9H,5-8,12H2,1-4H3,(H,13,14). The van der Waals surface area contributed by atoms with Crippen LogP contribution >= 0.6 is 0 Å². The molecule has 1 unspecified atom stereocenters. The Morgan fingerprint density at radius 1 is 1.50 bits per heavy atom. The van der Waals surface area contributed by atoms with Crippen molar-refractivity contribution in [2.75, 3.05) is 13.1 Å². The van der Waals surface area contributed by atoms with Gasteiger partial charge in [0.25, 0.3) is 0 Å². The van der Waals surface area contributed by atoms with Gasteiger partial charge in [0.2, 0.25) is 5.91 Å². The Hall–Kier alpha value is -0.570. The molecule has 1 amide bonds. The number of carbonyl (C=O) groups excluding carboxylic acids is 1. The quantitative estimate of drug-likeness (QED) is 0.683. The van der Waals surface area contributed by atoms with Crippen LogP contribution in [0.4, 0.5) is 0 Å². The van der Waals surface area contributed by atoms with E-state index in [1.165, 1.54) is 0 Å². The van der Waals surface area contributed by atoms with Gasteiger partial charge in [-0.2, -0.15) is 0 Å². The summed E-state index contributed by atoms with van der Waals surface area (Å²) in [6.07, 6.45) is 1.83. The van der Waals surface area contributed by atoms with E-state index in [9.17, 15) is 4.79 Å². The molecule has 0 spiro atoms. The lowest BCUT2D eigenvalue weighted by atomic mass is 9.89. The van der Waals surface area contributed by atoms with E-state index < -0.39 is 0 Å². The molecule has 14 heavy (non-hydrogen) atoms. The Bertz CT molecular complexity index is 178. The fourth-order valence-corrected chi connectivity index (χ4v) is 1.05. The van der Waals surface area contributed by atoms with E-state index in [1.807, 2.05) is 20.8 Å². The van der Waals surface area contributed by atoms with E-state index in [-0.39, 0.29) is 11.3 Å². The van der Waals surface area contributed by atoms with E-state index >= 15 is 0 Å². The molecule has 0 fully saturated rings. The topological polar surface area (TPSA) is 55.1 Å². The second-order valence-electron chi connectivity index (χ2n) is 4.63. The average Bonchev–Trinajstić information content (AvgIpc) is 2.14. The molecule has 3 nitrogen and oxygen atoms in total. The zero-order chi connectivity index (χ0) is 11.2. The SMILES string of the molecule is CCC(C)(C)C(=O)NCC(C)CCN.